The Morgan fingerprint density at radius 2 is 2.00 bits per heavy atom. The molecule has 5 heteroatoms. The van der Waals surface area contributed by atoms with Crippen molar-refractivity contribution in [2.24, 2.45) is 0 Å². The molecule has 0 fully saturated rings. The minimum atomic E-state index is -0.380. The summed E-state index contributed by atoms with van der Waals surface area (Å²) in [6.07, 6.45) is 3.75. The first kappa shape index (κ1) is 17.0. The monoisotopic (exact) mass is 412 g/mol. The summed E-state index contributed by atoms with van der Waals surface area (Å²) >= 11 is 3.15. The van der Waals surface area contributed by atoms with Crippen LogP contribution in [0.25, 0.3) is 17.0 Å². The first-order chi connectivity index (χ1) is 12.4. The number of hydrogen-bond acceptors (Lipinski definition) is 1. The maximum absolute atomic E-state index is 13.5. The molecule has 0 saturated heterocycles. The molecule has 3 aromatic rings. The second kappa shape index (κ2) is 6.09. The molecule has 132 valence electrons. The lowest BCUT2D eigenvalue weighted by molar-refractivity contribution is 0.0801. The number of fused-ring (bicyclic) bond motifs is 3. The zero-order valence-corrected chi connectivity index (χ0v) is 16.1. The van der Waals surface area contributed by atoms with Gasteiger partial charge in [0.1, 0.15) is 5.82 Å². The van der Waals surface area contributed by atoms with Crippen LogP contribution in [-0.4, -0.2) is 22.3 Å². The fourth-order valence-corrected chi connectivity index (χ4v) is 4.05. The van der Waals surface area contributed by atoms with E-state index in [9.17, 15) is 9.18 Å². The third-order valence-electron chi connectivity index (χ3n) is 4.83. The van der Waals surface area contributed by atoms with E-state index in [1.54, 1.807) is 4.90 Å². The Morgan fingerprint density at radius 1 is 1.23 bits per heavy atom. The molecule has 0 aliphatic carbocycles. The van der Waals surface area contributed by atoms with Crippen LogP contribution in [-0.2, 0) is 5.41 Å². The van der Waals surface area contributed by atoms with E-state index in [1.165, 1.54) is 29.1 Å². The first-order valence-electron chi connectivity index (χ1n) is 8.42. The van der Waals surface area contributed by atoms with Gasteiger partial charge in [-0.05, 0) is 51.8 Å². The third kappa shape index (κ3) is 2.76. The third-order valence-corrected chi connectivity index (χ3v) is 5.43. The number of nitrogens with zero attached hydrogens (tertiary/aromatic N) is 1. The number of para-hydroxylation sites is 1. The van der Waals surface area contributed by atoms with Crippen LogP contribution in [0.2, 0.25) is 0 Å². The van der Waals surface area contributed by atoms with Crippen LogP contribution >= 0.6 is 15.9 Å². The smallest absolute Gasteiger partial charge is 0.257 e. The highest BCUT2D eigenvalue weighted by atomic mass is 79.9. The van der Waals surface area contributed by atoms with Gasteiger partial charge in [0.2, 0.25) is 0 Å². The van der Waals surface area contributed by atoms with Gasteiger partial charge >= 0.3 is 0 Å². The minimum Gasteiger partial charge on any atom is -0.355 e. The molecule has 2 heterocycles. The van der Waals surface area contributed by atoms with Gasteiger partial charge in [-0.1, -0.05) is 32.0 Å². The van der Waals surface area contributed by atoms with Crippen LogP contribution in [0.5, 0.6) is 0 Å². The lowest BCUT2D eigenvalue weighted by Gasteiger charge is -2.29. The average Bonchev–Trinajstić information content (AvgIpc) is 2.93. The van der Waals surface area contributed by atoms with Gasteiger partial charge < -0.3 is 9.88 Å². The average molecular weight is 413 g/mol. The summed E-state index contributed by atoms with van der Waals surface area (Å²) in [5.41, 5.74) is 3.53. The van der Waals surface area contributed by atoms with Crippen molar-refractivity contribution in [3.05, 3.63) is 75.8 Å². The number of aromatic nitrogens is 1. The number of aromatic amines is 1. The van der Waals surface area contributed by atoms with E-state index < -0.39 is 0 Å². The van der Waals surface area contributed by atoms with Crippen molar-refractivity contribution < 1.29 is 9.18 Å². The summed E-state index contributed by atoms with van der Waals surface area (Å²) in [5, 5.41) is 1.18. The Kier molecular flexibility index (Phi) is 3.99. The standard InChI is InChI=1S/C21H18BrFN2O/c1-21(2)12-25(20(26)13-7-8-16(23)15(22)11-13)10-9-18-19(21)14-5-3-4-6-17(14)24-18/h3-11,24H,12H2,1-2H3. The molecule has 0 unspecified atom stereocenters. The van der Waals surface area contributed by atoms with Crippen LogP contribution in [0.4, 0.5) is 4.39 Å². The van der Waals surface area contributed by atoms with E-state index in [-0.39, 0.29) is 21.6 Å². The number of benzene rings is 2. The van der Waals surface area contributed by atoms with Gasteiger partial charge in [-0.2, -0.15) is 0 Å². The normalized spacial score (nSPS) is 15.8. The molecule has 1 aromatic heterocycles. The predicted molar refractivity (Wildman–Crippen MR) is 105 cm³/mol. The van der Waals surface area contributed by atoms with Gasteiger partial charge in [0.15, 0.2) is 0 Å². The van der Waals surface area contributed by atoms with Crippen molar-refractivity contribution in [1.82, 2.24) is 9.88 Å². The Balaban J connectivity index is 1.75. The number of H-pyrrole nitrogens is 1. The molecule has 1 aliphatic rings. The lowest BCUT2D eigenvalue weighted by Crippen LogP contribution is -2.36. The molecule has 26 heavy (non-hydrogen) atoms. The molecule has 4 rings (SSSR count). The first-order valence-corrected chi connectivity index (χ1v) is 9.21. The summed E-state index contributed by atoms with van der Waals surface area (Å²) in [6, 6.07) is 12.6. The molecule has 0 bridgehead atoms. The highest BCUT2D eigenvalue weighted by molar-refractivity contribution is 9.10. The summed E-state index contributed by atoms with van der Waals surface area (Å²) in [6.45, 7) is 4.81. The summed E-state index contributed by atoms with van der Waals surface area (Å²) in [5.74, 6) is -0.528. The summed E-state index contributed by atoms with van der Waals surface area (Å²) in [4.78, 5) is 18.1. The molecule has 0 saturated carbocycles. The molecule has 1 N–H and O–H groups in total. The number of amides is 1. The maximum Gasteiger partial charge on any atom is 0.257 e. The molecule has 3 nitrogen and oxygen atoms in total. The van der Waals surface area contributed by atoms with Gasteiger partial charge in [0.05, 0.1) is 4.47 Å². The highest BCUT2D eigenvalue weighted by Gasteiger charge is 2.32. The van der Waals surface area contributed by atoms with Crippen molar-refractivity contribution in [3.8, 4) is 0 Å². The van der Waals surface area contributed by atoms with Crippen LogP contribution in [0.15, 0.2) is 53.1 Å². The topological polar surface area (TPSA) is 36.1 Å². The quantitative estimate of drug-likeness (QED) is 0.564. The number of carbonyl (C=O) groups is 1. The number of halogens is 2. The van der Waals surface area contributed by atoms with Crippen molar-refractivity contribution in [2.75, 3.05) is 6.54 Å². The number of carbonyl (C=O) groups excluding carboxylic acids is 1. The predicted octanol–water partition coefficient (Wildman–Crippen LogP) is 5.47. The van der Waals surface area contributed by atoms with Crippen molar-refractivity contribution in [1.29, 1.82) is 0 Å². The Hall–Kier alpha value is -2.40. The van der Waals surface area contributed by atoms with Gasteiger partial charge in [0, 0.05) is 40.3 Å². The Labute approximate surface area is 159 Å². The highest BCUT2D eigenvalue weighted by Crippen LogP contribution is 2.37. The van der Waals surface area contributed by atoms with Gasteiger partial charge in [-0.25, -0.2) is 4.39 Å². The maximum atomic E-state index is 13.5. The Bertz CT molecular complexity index is 1050. The van der Waals surface area contributed by atoms with E-state index >= 15 is 0 Å². The van der Waals surface area contributed by atoms with Crippen LogP contribution < -0.4 is 0 Å². The molecule has 1 aliphatic heterocycles. The Morgan fingerprint density at radius 3 is 2.77 bits per heavy atom. The number of rotatable bonds is 1. The van der Waals surface area contributed by atoms with E-state index in [1.807, 2.05) is 24.4 Å². The van der Waals surface area contributed by atoms with E-state index in [0.29, 0.717) is 12.1 Å². The van der Waals surface area contributed by atoms with Crippen molar-refractivity contribution in [2.45, 2.75) is 19.3 Å². The molecule has 1 amide bonds. The SMILES string of the molecule is CC1(C)CN(C(=O)c2ccc(F)c(Br)c2)C=Cc2[nH]c3ccccc3c21. The van der Waals surface area contributed by atoms with Crippen molar-refractivity contribution in [3.63, 3.8) is 0 Å². The minimum absolute atomic E-state index is 0.149. The fourth-order valence-electron chi connectivity index (χ4n) is 3.67. The van der Waals surface area contributed by atoms with Crippen molar-refractivity contribution >= 4 is 38.8 Å². The van der Waals surface area contributed by atoms with Gasteiger partial charge in [-0.3, -0.25) is 4.79 Å². The molecule has 2 aromatic carbocycles. The molecule has 0 radical (unpaired) electrons. The summed E-state index contributed by atoms with van der Waals surface area (Å²) < 4.78 is 13.8. The molecular weight excluding hydrogens is 395 g/mol. The molecular formula is C21H18BrFN2O. The molecule has 0 atom stereocenters. The lowest BCUT2D eigenvalue weighted by atomic mass is 9.82. The van der Waals surface area contributed by atoms with Crippen LogP contribution in [0.3, 0.4) is 0 Å². The van der Waals surface area contributed by atoms with Crippen LogP contribution in [0, 0.1) is 5.82 Å². The van der Waals surface area contributed by atoms with Gasteiger partial charge in [0.25, 0.3) is 5.91 Å². The summed E-state index contributed by atoms with van der Waals surface area (Å²) in [7, 11) is 0. The zero-order valence-electron chi connectivity index (χ0n) is 14.5. The largest absolute Gasteiger partial charge is 0.355 e. The van der Waals surface area contributed by atoms with E-state index in [4.69, 9.17) is 0 Å². The second-order valence-electron chi connectivity index (χ2n) is 7.22. The molecule has 0 spiro atoms. The fraction of sp³-hybridized carbons (Fsp3) is 0.190. The zero-order chi connectivity index (χ0) is 18.5. The van der Waals surface area contributed by atoms with Crippen LogP contribution in [0.1, 0.15) is 35.5 Å². The number of hydrogen-bond donors (Lipinski definition) is 1. The number of nitrogens with one attached hydrogen (secondary N) is 1. The second-order valence-corrected chi connectivity index (χ2v) is 8.08. The van der Waals surface area contributed by atoms with E-state index in [0.717, 1.165) is 11.2 Å². The van der Waals surface area contributed by atoms with Gasteiger partial charge in [-0.15, -0.1) is 0 Å². The van der Waals surface area contributed by atoms with E-state index in [2.05, 4.69) is 46.9 Å².